The van der Waals surface area contributed by atoms with Crippen LogP contribution in [0.3, 0.4) is 0 Å². The van der Waals surface area contributed by atoms with E-state index in [0.717, 1.165) is 24.4 Å². The van der Waals surface area contributed by atoms with E-state index in [0.29, 0.717) is 11.7 Å². The smallest absolute Gasteiger partial charge is 0.146 e. The minimum absolute atomic E-state index is 0.526. The molecule has 1 aliphatic carbocycles. The molecule has 0 radical (unpaired) electrons. The summed E-state index contributed by atoms with van der Waals surface area (Å²) in [6.07, 6.45) is 9.68. The summed E-state index contributed by atoms with van der Waals surface area (Å²) in [4.78, 5) is 4.68. The van der Waals surface area contributed by atoms with Crippen LogP contribution in [0.15, 0.2) is 0 Å². The Labute approximate surface area is 103 Å². The monoisotopic (exact) mass is 236 g/mol. The van der Waals surface area contributed by atoms with Crippen molar-refractivity contribution in [1.82, 2.24) is 9.66 Å². The fourth-order valence-corrected chi connectivity index (χ4v) is 2.77. The summed E-state index contributed by atoms with van der Waals surface area (Å²) in [6.45, 7) is 2.14. The number of hydrogen-bond acceptors (Lipinski definition) is 3. The van der Waals surface area contributed by atoms with Gasteiger partial charge in [-0.25, -0.2) is 9.66 Å². The van der Waals surface area contributed by atoms with Crippen molar-refractivity contribution in [3.8, 4) is 0 Å². The summed E-state index contributed by atoms with van der Waals surface area (Å²) in [6, 6.07) is 0. The molecular weight excluding hydrogens is 212 g/mol. The van der Waals surface area contributed by atoms with Crippen LogP contribution in [0.4, 0.5) is 5.82 Å². The first-order chi connectivity index (χ1) is 8.24. The number of hydrogen-bond donors (Lipinski definition) is 2. The van der Waals surface area contributed by atoms with E-state index in [4.69, 9.17) is 11.6 Å². The third-order valence-corrected chi connectivity index (χ3v) is 3.77. The molecule has 4 heteroatoms. The second-order valence-electron chi connectivity index (χ2n) is 5.11. The van der Waals surface area contributed by atoms with Crippen molar-refractivity contribution in [2.75, 3.05) is 11.6 Å². The Morgan fingerprint density at radius 1 is 1.24 bits per heavy atom. The van der Waals surface area contributed by atoms with Crippen molar-refractivity contribution in [2.45, 2.75) is 64.2 Å². The van der Waals surface area contributed by atoms with E-state index in [9.17, 15) is 0 Å². The highest BCUT2D eigenvalue weighted by molar-refractivity contribution is 5.40. The van der Waals surface area contributed by atoms with E-state index in [1.807, 2.05) is 0 Å². The number of imidazole rings is 1. The van der Waals surface area contributed by atoms with Crippen molar-refractivity contribution in [3.05, 3.63) is 11.5 Å². The molecule has 0 bridgehead atoms. The van der Waals surface area contributed by atoms with Gasteiger partial charge in [0.15, 0.2) is 0 Å². The zero-order valence-electron chi connectivity index (χ0n) is 10.8. The highest BCUT2D eigenvalue weighted by Crippen LogP contribution is 2.33. The molecule has 0 aromatic carbocycles. The Hall–Kier alpha value is -1.19. The Balaban J connectivity index is 2.21. The second-order valence-corrected chi connectivity index (χ2v) is 5.11. The third-order valence-electron chi connectivity index (χ3n) is 3.77. The Kier molecular flexibility index (Phi) is 3.92. The van der Waals surface area contributed by atoms with Gasteiger partial charge in [0.2, 0.25) is 0 Å². The van der Waals surface area contributed by atoms with E-state index >= 15 is 0 Å². The molecule has 4 nitrogen and oxygen atoms in total. The number of rotatable bonds is 3. The molecule has 4 N–H and O–H groups in total. The first-order valence-corrected chi connectivity index (χ1v) is 6.86. The molecule has 0 atom stereocenters. The van der Waals surface area contributed by atoms with Gasteiger partial charge < -0.3 is 11.6 Å². The molecule has 1 heterocycles. The van der Waals surface area contributed by atoms with E-state index in [1.165, 1.54) is 38.5 Å². The number of anilines is 1. The molecule has 17 heavy (non-hydrogen) atoms. The first kappa shape index (κ1) is 12.3. The lowest BCUT2D eigenvalue weighted by Crippen LogP contribution is -2.15. The average molecular weight is 236 g/mol. The van der Waals surface area contributed by atoms with Gasteiger partial charge in [-0.3, -0.25) is 0 Å². The van der Waals surface area contributed by atoms with Crippen molar-refractivity contribution in [2.24, 2.45) is 0 Å². The third kappa shape index (κ3) is 2.56. The molecule has 1 fully saturated rings. The van der Waals surface area contributed by atoms with Crippen LogP contribution < -0.4 is 11.6 Å². The van der Waals surface area contributed by atoms with Gasteiger partial charge in [-0.2, -0.15) is 0 Å². The van der Waals surface area contributed by atoms with E-state index in [2.05, 4.69) is 11.9 Å². The lowest BCUT2D eigenvalue weighted by atomic mass is 9.97. The van der Waals surface area contributed by atoms with Gasteiger partial charge >= 0.3 is 0 Å². The van der Waals surface area contributed by atoms with Gasteiger partial charge in [0.05, 0.1) is 5.69 Å². The first-order valence-electron chi connectivity index (χ1n) is 6.86. The largest absolute Gasteiger partial charge is 0.382 e. The fourth-order valence-electron chi connectivity index (χ4n) is 2.77. The van der Waals surface area contributed by atoms with Crippen LogP contribution >= 0.6 is 0 Å². The molecule has 1 aliphatic rings. The quantitative estimate of drug-likeness (QED) is 0.626. The standard InChI is InChI=1S/C13H24N4/c1-2-7-11-16-12(13(14)17(11)15)10-8-5-3-4-6-9-10/h10H,2-9,14-15H2,1H3. The van der Waals surface area contributed by atoms with E-state index < -0.39 is 0 Å². The summed E-state index contributed by atoms with van der Waals surface area (Å²) < 4.78 is 1.59. The average Bonchev–Trinajstić information content (AvgIpc) is 2.56. The number of nitrogens with two attached hydrogens (primary N) is 2. The van der Waals surface area contributed by atoms with Gasteiger partial charge in [0, 0.05) is 12.3 Å². The molecule has 1 saturated carbocycles. The molecule has 0 unspecified atom stereocenters. The molecule has 96 valence electrons. The maximum Gasteiger partial charge on any atom is 0.146 e. The van der Waals surface area contributed by atoms with Crippen LogP contribution in [0.5, 0.6) is 0 Å². The predicted molar refractivity (Wildman–Crippen MR) is 71.2 cm³/mol. The van der Waals surface area contributed by atoms with E-state index in [1.54, 1.807) is 4.68 Å². The maximum atomic E-state index is 6.09. The summed E-state index contributed by atoms with van der Waals surface area (Å²) in [5.41, 5.74) is 7.14. The predicted octanol–water partition coefficient (Wildman–Crippen LogP) is 2.57. The molecule has 2 rings (SSSR count). The van der Waals surface area contributed by atoms with Crippen LogP contribution in [0.25, 0.3) is 0 Å². The SMILES string of the molecule is CCCc1nc(C2CCCCCC2)c(N)n1N. The fraction of sp³-hybridized carbons (Fsp3) is 0.769. The van der Waals surface area contributed by atoms with Crippen molar-refractivity contribution in [1.29, 1.82) is 0 Å². The van der Waals surface area contributed by atoms with Crippen LogP contribution in [0, 0.1) is 0 Å². The van der Waals surface area contributed by atoms with Crippen molar-refractivity contribution < 1.29 is 0 Å². The molecule has 0 aliphatic heterocycles. The zero-order valence-corrected chi connectivity index (χ0v) is 10.8. The zero-order chi connectivity index (χ0) is 12.3. The number of nitrogen functional groups attached to an aromatic ring is 2. The number of aromatic nitrogens is 2. The van der Waals surface area contributed by atoms with Crippen LogP contribution in [0.1, 0.15) is 69.3 Å². The topological polar surface area (TPSA) is 69.9 Å². The minimum Gasteiger partial charge on any atom is -0.382 e. The van der Waals surface area contributed by atoms with Crippen LogP contribution in [-0.2, 0) is 6.42 Å². The van der Waals surface area contributed by atoms with Gasteiger partial charge in [-0.1, -0.05) is 32.6 Å². The summed E-state index contributed by atoms with van der Waals surface area (Å²) in [5.74, 6) is 8.11. The summed E-state index contributed by atoms with van der Waals surface area (Å²) >= 11 is 0. The Bertz CT molecular complexity index is 362. The summed E-state index contributed by atoms with van der Waals surface area (Å²) in [7, 11) is 0. The van der Waals surface area contributed by atoms with E-state index in [-0.39, 0.29) is 0 Å². The summed E-state index contributed by atoms with van der Waals surface area (Å²) in [5, 5.41) is 0. The highest BCUT2D eigenvalue weighted by atomic mass is 15.4. The van der Waals surface area contributed by atoms with Crippen LogP contribution in [-0.4, -0.2) is 9.66 Å². The van der Waals surface area contributed by atoms with Crippen molar-refractivity contribution >= 4 is 5.82 Å². The van der Waals surface area contributed by atoms with Crippen LogP contribution in [0.2, 0.25) is 0 Å². The lowest BCUT2D eigenvalue weighted by Gasteiger charge is -2.11. The van der Waals surface area contributed by atoms with Gasteiger partial charge in [-0.05, 0) is 19.3 Å². The maximum absolute atomic E-state index is 6.09. The normalized spacial score (nSPS) is 18.2. The number of aryl methyl sites for hydroxylation is 1. The minimum atomic E-state index is 0.526. The van der Waals surface area contributed by atoms with Gasteiger partial charge in [0.1, 0.15) is 11.6 Å². The van der Waals surface area contributed by atoms with Gasteiger partial charge in [-0.15, -0.1) is 0 Å². The highest BCUT2D eigenvalue weighted by Gasteiger charge is 2.22. The molecule has 0 spiro atoms. The lowest BCUT2D eigenvalue weighted by molar-refractivity contribution is 0.580. The molecule has 0 amide bonds. The Morgan fingerprint density at radius 3 is 2.47 bits per heavy atom. The molecular formula is C13H24N4. The molecule has 0 saturated heterocycles. The second kappa shape index (κ2) is 5.43. The Morgan fingerprint density at radius 2 is 1.88 bits per heavy atom. The van der Waals surface area contributed by atoms with Gasteiger partial charge in [0.25, 0.3) is 0 Å². The molecule has 1 aromatic heterocycles. The molecule has 1 aromatic rings. The number of nitrogens with zero attached hydrogens (tertiary/aromatic N) is 2. The van der Waals surface area contributed by atoms with Crippen molar-refractivity contribution in [3.63, 3.8) is 0 Å².